The molecule has 0 saturated heterocycles. The van der Waals surface area contributed by atoms with Crippen molar-refractivity contribution in [3.05, 3.63) is 12.2 Å². The molecule has 0 fully saturated rings. The number of aliphatic hydroxyl groups excluding tert-OH is 1. The number of carboxylic acids is 1. The molecule has 0 radical (unpaired) electrons. The number of carboxylic acid groups (broad SMARTS) is 1. The van der Waals surface area contributed by atoms with E-state index in [0.717, 1.165) is 19.3 Å². The first-order valence-corrected chi connectivity index (χ1v) is 7.46. The molecule has 0 bridgehead atoms. The van der Waals surface area contributed by atoms with E-state index in [1.54, 1.807) is 4.90 Å². The number of hydrogen-bond donors (Lipinski definition) is 2. The Bertz CT molecular complexity index is 336. The van der Waals surface area contributed by atoms with Crippen molar-refractivity contribution < 1.29 is 71.5 Å². The second-order valence-electron chi connectivity index (χ2n) is 4.84. The molecule has 0 unspecified atom stereocenters. The predicted molar refractivity (Wildman–Crippen MR) is 81.4 cm³/mol. The molecule has 0 aromatic heterocycles. The quantitative estimate of drug-likeness (QED) is 0.129. The Balaban J connectivity index is 0. The monoisotopic (exact) mass is 338 g/mol. The van der Waals surface area contributed by atoms with E-state index < -0.39 is 5.97 Å². The molecule has 0 aliphatic rings. The van der Waals surface area contributed by atoms with Crippen molar-refractivity contribution in [1.82, 2.24) is 4.90 Å². The molecule has 0 amide bonds. The third-order valence-corrected chi connectivity index (χ3v) is 2.94. The van der Waals surface area contributed by atoms with Gasteiger partial charge in [-0.1, -0.05) is 12.2 Å². The molecular weight excluding hydrogens is 311 g/mol. The summed E-state index contributed by atoms with van der Waals surface area (Å²) < 4.78 is 0. The molecule has 0 aromatic carbocycles. The summed E-state index contributed by atoms with van der Waals surface area (Å²) >= 11 is 0. The van der Waals surface area contributed by atoms with Crippen LogP contribution in [0.25, 0.3) is 0 Å². The molecule has 2 N–H and O–H groups in total. The summed E-state index contributed by atoms with van der Waals surface area (Å²) in [4.78, 5) is 16.3. The standard InChI is InChI=1S/C15H28N2O4.K/c1-2-3-4-5-6-8-14(19)16-9-11-17(10-7-12-18)13-15(20)21;/h2-3,18H,4-13H2,1H3,(H,16,19)(H,20,21);/q;+1/p-1/b3-2+;. The van der Waals surface area contributed by atoms with E-state index >= 15 is 0 Å². The van der Waals surface area contributed by atoms with Crippen molar-refractivity contribution in [1.29, 1.82) is 0 Å². The molecule has 22 heavy (non-hydrogen) atoms. The van der Waals surface area contributed by atoms with Gasteiger partial charge in [-0.05, 0) is 44.9 Å². The summed E-state index contributed by atoms with van der Waals surface area (Å²) in [5.41, 5.74) is 0. The average Bonchev–Trinajstić information content (AvgIpc) is 2.43. The second-order valence-corrected chi connectivity index (χ2v) is 4.84. The molecule has 0 aliphatic heterocycles. The van der Waals surface area contributed by atoms with Crippen molar-refractivity contribution >= 4 is 11.9 Å². The maximum absolute atomic E-state index is 11.5. The van der Waals surface area contributed by atoms with Gasteiger partial charge >= 0.3 is 57.4 Å². The third-order valence-electron chi connectivity index (χ3n) is 2.94. The van der Waals surface area contributed by atoms with Gasteiger partial charge in [0.2, 0.25) is 0 Å². The van der Waals surface area contributed by atoms with E-state index in [-0.39, 0.29) is 70.4 Å². The maximum Gasteiger partial charge on any atom is 1.00 e. The maximum atomic E-state index is 11.5. The molecule has 6 nitrogen and oxygen atoms in total. The molecule has 0 heterocycles. The number of aliphatic carboxylic acids is 1. The van der Waals surface area contributed by atoms with Gasteiger partial charge in [0, 0.05) is 19.7 Å². The Kier molecular flexibility index (Phi) is 19.6. The minimum absolute atomic E-state index is 0. The topological polar surface area (TPSA) is 96.2 Å². The van der Waals surface area contributed by atoms with Crippen LogP contribution in [0.3, 0.4) is 0 Å². The van der Waals surface area contributed by atoms with Crippen molar-refractivity contribution in [3.8, 4) is 0 Å². The normalized spacial score (nSPS) is 11.9. The number of aliphatic imine (C=N–C) groups is 1. The van der Waals surface area contributed by atoms with Crippen molar-refractivity contribution in [2.24, 2.45) is 4.99 Å². The Morgan fingerprint density at radius 1 is 1.27 bits per heavy atom. The zero-order valence-corrected chi connectivity index (χ0v) is 17.0. The van der Waals surface area contributed by atoms with Crippen LogP contribution in [0.4, 0.5) is 0 Å². The summed E-state index contributed by atoms with van der Waals surface area (Å²) in [7, 11) is 0. The van der Waals surface area contributed by atoms with Gasteiger partial charge in [0.25, 0.3) is 0 Å². The summed E-state index contributed by atoms with van der Waals surface area (Å²) in [6, 6.07) is 0. The fourth-order valence-corrected chi connectivity index (χ4v) is 1.86. The van der Waals surface area contributed by atoms with E-state index in [2.05, 4.69) is 11.1 Å². The summed E-state index contributed by atoms with van der Waals surface area (Å²) in [6.07, 6.45) is 7.84. The van der Waals surface area contributed by atoms with Gasteiger partial charge in [-0.3, -0.25) is 9.69 Å². The van der Waals surface area contributed by atoms with Gasteiger partial charge in [-0.15, -0.1) is 0 Å². The Morgan fingerprint density at radius 2 is 2.00 bits per heavy atom. The fourth-order valence-electron chi connectivity index (χ4n) is 1.86. The Labute approximate surface area is 175 Å². The first-order chi connectivity index (χ1) is 10.1. The van der Waals surface area contributed by atoms with Crippen LogP contribution in [0.1, 0.15) is 39.0 Å². The number of allylic oxidation sites excluding steroid dienone is 2. The van der Waals surface area contributed by atoms with Crippen molar-refractivity contribution in [3.63, 3.8) is 0 Å². The van der Waals surface area contributed by atoms with Gasteiger partial charge in [0.05, 0.1) is 13.1 Å². The SMILES string of the molecule is C/C=C/CCCCC([O-])=NCCN(CCCO)CC(=O)O.[K+]. The number of unbranched alkanes of at least 4 members (excludes halogenated alkanes) is 2. The minimum Gasteiger partial charge on any atom is -0.862 e. The van der Waals surface area contributed by atoms with Crippen molar-refractivity contribution in [2.75, 3.05) is 32.8 Å². The van der Waals surface area contributed by atoms with Gasteiger partial charge in [-0.2, -0.15) is 0 Å². The molecular formula is C15H27KN2O4. The van der Waals surface area contributed by atoms with Crippen LogP contribution in [-0.2, 0) is 4.79 Å². The Morgan fingerprint density at radius 3 is 2.59 bits per heavy atom. The summed E-state index contributed by atoms with van der Waals surface area (Å²) in [6.45, 7) is 3.14. The number of rotatable bonds is 13. The number of carbonyl (C=O) groups is 1. The van der Waals surface area contributed by atoms with E-state index in [1.165, 1.54) is 0 Å². The van der Waals surface area contributed by atoms with Gasteiger partial charge < -0.3 is 20.3 Å². The van der Waals surface area contributed by atoms with Crippen LogP contribution < -0.4 is 56.5 Å². The first-order valence-electron chi connectivity index (χ1n) is 7.46. The fraction of sp³-hybridized carbons (Fsp3) is 0.733. The molecule has 122 valence electrons. The predicted octanol–water partition coefficient (Wildman–Crippen LogP) is -2.35. The largest absolute Gasteiger partial charge is 1.00 e. The molecule has 7 heteroatoms. The smallest absolute Gasteiger partial charge is 0.862 e. The van der Waals surface area contributed by atoms with Crippen LogP contribution in [0.2, 0.25) is 0 Å². The molecule has 0 aromatic rings. The van der Waals surface area contributed by atoms with E-state index in [1.807, 2.05) is 13.0 Å². The van der Waals surface area contributed by atoms with Gasteiger partial charge in [0.15, 0.2) is 0 Å². The molecule has 0 aliphatic carbocycles. The second kappa shape index (κ2) is 17.6. The zero-order chi connectivity index (χ0) is 15.9. The van der Waals surface area contributed by atoms with Crippen LogP contribution in [0.5, 0.6) is 0 Å². The van der Waals surface area contributed by atoms with Gasteiger partial charge in [-0.25, -0.2) is 0 Å². The number of nitrogens with zero attached hydrogens (tertiary/aromatic N) is 2. The number of hydrogen-bond acceptors (Lipinski definition) is 5. The molecule has 0 spiro atoms. The zero-order valence-electron chi connectivity index (χ0n) is 13.8. The van der Waals surface area contributed by atoms with E-state index in [9.17, 15) is 9.90 Å². The average molecular weight is 338 g/mol. The third kappa shape index (κ3) is 16.6. The minimum atomic E-state index is -0.914. The molecule has 0 atom stereocenters. The summed E-state index contributed by atoms with van der Waals surface area (Å²) in [5, 5.41) is 29.1. The summed E-state index contributed by atoms with van der Waals surface area (Å²) in [5.74, 6) is -1.03. The molecule has 0 saturated carbocycles. The van der Waals surface area contributed by atoms with Crippen molar-refractivity contribution in [2.45, 2.75) is 39.0 Å². The van der Waals surface area contributed by atoms with Crippen LogP contribution in [0, 0.1) is 0 Å². The van der Waals surface area contributed by atoms with Crippen LogP contribution >= 0.6 is 0 Å². The van der Waals surface area contributed by atoms with Crippen LogP contribution in [-0.4, -0.2) is 59.8 Å². The van der Waals surface area contributed by atoms with Crippen LogP contribution in [0.15, 0.2) is 17.1 Å². The van der Waals surface area contributed by atoms with Gasteiger partial charge in [0.1, 0.15) is 0 Å². The van der Waals surface area contributed by atoms with E-state index in [4.69, 9.17) is 10.2 Å². The van der Waals surface area contributed by atoms with E-state index in [0.29, 0.717) is 32.5 Å². The first kappa shape index (κ1) is 24.5. The Hall–Kier alpha value is 0.236. The molecule has 0 rings (SSSR count). The number of aliphatic hydroxyl groups is 1.